The Kier molecular flexibility index (Phi) is 5.51. The molecule has 1 aromatic heterocycles. The molecule has 3 aromatic rings. The number of anilines is 1. The number of carbonyl (C=O) groups excluding carboxylic acids is 2. The second kappa shape index (κ2) is 8.71. The van der Waals surface area contributed by atoms with Crippen LogP contribution in [0.25, 0.3) is 11.3 Å². The van der Waals surface area contributed by atoms with Crippen molar-refractivity contribution in [3.8, 4) is 11.3 Å². The topological polar surface area (TPSA) is 71.2 Å². The minimum atomic E-state index is -0.464. The lowest BCUT2D eigenvalue weighted by atomic mass is 9.48. The second-order valence-electron chi connectivity index (χ2n) is 11.0. The van der Waals surface area contributed by atoms with Gasteiger partial charge in [-0.05, 0) is 91.9 Å². The Labute approximate surface area is 206 Å². The monoisotopic (exact) mass is 468 g/mol. The molecule has 7 rings (SSSR count). The van der Waals surface area contributed by atoms with E-state index in [2.05, 4.69) is 22.4 Å². The third-order valence-corrected chi connectivity index (χ3v) is 8.53. The van der Waals surface area contributed by atoms with Crippen LogP contribution in [0.4, 0.5) is 5.69 Å². The maximum Gasteiger partial charge on any atom is 0.339 e. The summed E-state index contributed by atoms with van der Waals surface area (Å²) in [6.07, 6.45) is 8.95. The quantitative estimate of drug-likeness (QED) is 0.407. The molecule has 0 saturated heterocycles. The third kappa shape index (κ3) is 4.18. The van der Waals surface area contributed by atoms with Crippen LogP contribution in [-0.4, -0.2) is 24.0 Å². The van der Waals surface area contributed by atoms with Gasteiger partial charge in [0.1, 0.15) is 0 Å². The Hall–Kier alpha value is -3.34. The Balaban J connectivity index is 1.35. The van der Waals surface area contributed by atoms with Crippen molar-refractivity contribution in [3.63, 3.8) is 0 Å². The predicted octanol–water partition coefficient (Wildman–Crippen LogP) is 6.48. The highest BCUT2D eigenvalue weighted by Gasteiger charge is 2.51. The zero-order chi connectivity index (χ0) is 24.0. The first-order valence-corrected chi connectivity index (χ1v) is 12.8. The van der Waals surface area contributed by atoms with Crippen LogP contribution in [0.3, 0.4) is 0 Å². The molecular formula is C30H32N2O3. The summed E-state index contributed by atoms with van der Waals surface area (Å²) in [6.45, 7) is 0. The number of hydrogen-bond acceptors (Lipinski definition) is 3. The van der Waals surface area contributed by atoms with E-state index in [9.17, 15) is 9.59 Å². The molecule has 4 saturated carbocycles. The maximum atomic E-state index is 13.6. The van der Waals surface area contributed by atoms with E-state index < -0.39 is 5.97 Å². The normalized spacial score (nSPS) is 26.5. The summed E-state index contributed by atoms with van der Waals surface area (Å²) in [6, 6.07) is 19.1. The molecule has 1 heterocycles. The van der Waals surface area contributed by atoms with Crippen LogP contribution in [-0.2, 0) is 11.2 Å². The van der Waals surface area contributed by atoms with Crippen LogP contribution in [0.5, 0.6) is 0 Å². The molecular weight excluding hydrogens is 436 g/mol. The predicted molar refractivity (Wildman–Crippen MR) is 136 cm³/mol. The molecule has 4 aliphatic rings. The largest absolute Gasteiger partial charge is 0.465 e. The average molecular weight is 469 g/mol. The van der Waals surface area contributed by atoms with Crippen molar-refractivity contribution in [3.05, 3.63) is 77.5 Å². The van der Waals surface area contributed by atoms with Crippen LogP contribution >= 0.6 is 0 Å². The van der Waals surface area contributed by atoms with Gasteiger partial charge in [-0.15, -0.1) is 0 Å². The fourth-order valence-corrected chi connectivity index (χ4v) is 7.56. The van der Waals surface area contributed by atoms with E-state index in [4.69, 9.17) is 4.74 Å². The molecule has 180 valence electrons. The molecule has 35 heavy (non-hydrogen) atoms. The molecule has 4 fully saturated rings. The van der Waals surface area contributed by atoms with Crippen molar-refractivity contribution in [1.29, 1.82) is 0 Å². The molecule has 2 aromatic carbocycles. The first-order valence-electron chi connectivity index (χ1n) is 12.8. The number of nitrogens with one attached hydrogen (secondary N) is 2. The first-order chi connectivity index (χ1) is 17.0. The van der Waals surface area contributed by atoms with E-state index in [1.165, 1.54) is 45.6 Å². The lowest BCUT2D eigenvalue weighted by Crippen LogP contribution is -2.47. The Bertz CT molecular complexity index is 1220. The van der Waals surface area contributed by atoms with E-state index in [1.54, 1.807) is 18.2 Å². The minimum absolute atomic E-state index is 0.195. The number of methoxy groups -OCH3 is 1. The molecule has 1 amide bonds. The molecule has 5 nitrogen and oxygen atoms in total. The Morgan fingerprint density at radius 2 is 1.54 bits per heavy atom. The summed E-state index contributed by atoms with van der Waals surface area (Å²) in [4.78, 5) is 29.5. The highest BCUT2D eigenvalue weighted by atomic mass is 16.5. The molecule has 4 bridgehead atoms. The van der Waals surface area contributed by atoms with Gasteiger partial charge in [-0.3, -0.25) is 4.79 Å². The lowest BCUT2D eigenvalue weighted by Gasteiger charge is -2.57. The van der Waals surface area contributed by atoms with Crippen molar-refractivity contribution < 1.29 is 14.3 Å². The Morgan fingerprint density at radius 1 is 0.914 bits per heavy atom. The number of rotatable bonds is 6. The zero-order valence-corrected chi connectivity index (χ0v) is 20.2. The molecule has 0 aliphatic heterocycles. The van der Waals surface area contributed by atoms with Crippen molar-refractivity contribution in [2.24, 2.45) is 23.2 Å². The molecule has 0 atom stereocenters. The van der Waals surface area contributed by atoms with Crippen LogP contribution in [0, 0.1) is 23.2 Å². The number of ether oxygens (including phenoxy) is 1. The minimum Gasteiger partial charge on any atom is -0.465 e. The van der Waals surface area contributed by atoms with Gasteiger partial charge in [0.25, 0.3) is 5.91 Å². The number of H-pyrrole nitrogens is 1. The summed E-state index contributed by atoms with van der Waals surface area (Å²) in [5.74, 6) is 1.91. The van der Waals surface area contributed by atoms with Gasteiger partial charge in [-0.2, -0.15) is 0 Å². The third-order valence-electron chi connectivity index (χ3n) is 8.53. The molecule has 0 spiro atoms. The summed E-state index contributed by atoms with van der Waals surface area (Å²) >= 11 is 0. The Morgan fingerprint density at radius 3 is 2.20 bits per heavy atom. The number of carbonyl (C=O) groups is 2. The standard InChI is InChI=1S/C30H32N2O3/c1-35-29(34)23-9-5-6-10-25(23)32-28(33)24-14-26(22-7-3-2-4-8-22)31-27(24)18-30-15-19-11-20(16-30)13-21(12-19)17-30/h2-10,14,19-21,31H,11-13,15-18H2,1H3,(H,32,33). The number of esters is 1. The average Bonchev–Trinajstić information content (AvgIpc) is 3.27. The number of aromatic nitrogens is 1. The van der Waals surface area contributed by atoms with Crippen molar-refractivity contribution in [2.75, 3.05) is 12.4 Å². The van der Waals surface area contributed by atoms with Gasteiger partial charge in [0.05, 0.1) is 23.9 Å². The molecule has 0 radical (unpaired) electrons. The summed E-state index contributed by atoms with van der Waals surface area (Å²) < 4.78 is 4.91. The summed E-state index contributed by atoms with van der Waals surface area (Å²) in [7, 11) is 1.35. The van der Waals surface area contributed by atoms with Crippen molar-refractivity contribution in [1.82, 2.24) is 4.98 Å². The van der Waals surface area contributed by atoms with E-state index in [-0.39, 0.29) is 5.91 Å². The summed E-state index contributed by atoms with van der Waals surface area (Å²) in [5.41, 5.74) is 4.81. The van der Waals surface area contributed by atoms with Gasteiger partial charge in [0.2, 0.25) is 0 Å². The van der Waals surface area contributed by atoms with Crippen LogP contribution < -0.4 is 5.32 Å². The van der Waals surface area contributed by atoms with Gasteiger partial charge in [-0.1, -0.05) is 42.5 Å². The van der Waals surface area contributed by atoms with Gasteiger partial charge < -0.3 is 15.0 Å². The van der Waals surface area contributed by atoms with Gasteiger partial charge in [0.15, 0.2) is 0 Å². The number of aromatic amines is 1. The van der Waals surface area contributed by atoms with Gasteiger partial charge in [0, 0.05) is 11.4 Å². The SMILES string of the molecule is COC(=O)c1ccccc1NC(=O)c1cc(-c2ccccc2)[nH]c1CC12CC3CC(CC(C3)C1)C2. The van der Waals surface area contributed by atoms with Gasteiger partial charge in [-0.25, -0.2) is 4.79 Å². The van der Waals surface area contributed by atoms with E-state index >= 15 is 0 Å². The molecule has 4 aliphatic carbocycles. The van der Waals surface area contributed by atoms with E-state index in [0.717, 1.165) is 41.1 Å². The van der Waals surface area contributed by atoms with Crippen LogP contribution in [0.2, 0.25) is 0 Å². The number of para-hydroxylation sites is 1. The second-order valence-corrected chi connectivity index (χ2v) is 11.0. The van der Waals surface area contributed by atoms with E-state index in [1.807, 2.05) is 30.3 Å². The van der Waals surface area contributed by atoms with E-state index in [0.29, 0.717) is 22.2 Å². The fourth-order valence-electron chi connectivity index (χ4n) is 7.56. The smallest absolute Gasteiger partial charge is 0.339 e. The van der Waals surface area contributed by atoms with Gasteiger partial charge >= 0.3 is 5.97 Å². The highest BCUT2D eigenvalue weighted by molar-refractivity contribution is 6.09. The van der Waals surface area contributed by atoms with Crippen molar-refractivity contribution in [2.45, 2.75) is 44.9 Å². The summed E-state index contributed by atoms with van der Waals surface area (Å²) in [5, 5.41) is 3.00. The van der Waals surface area contributed by atoms with Crippen LogP contribution in [0.15, 0.2) is 60.7 Å². The highest BCUT2D eigenvalue weighted by Crippen LogP contribution is 2.61. The number of benzene rings is 2. The lowest BCUT2D eigenvalue weighted by molar-refractivity contribution is -0.0526. The van der Waals surface area contributed by atoms with Crippen LogP contribution in [0.1, 0.15) is 64.9 Å². The molecule has 5 heteroatoms. The number of hydrogen-bond donors (Lipinski definition) is 2. The molecule has 2 N–H and O–H groups in total. The van der Waals surface area contributed by atoms with Crippen molar-refractivity contribution >= 4 is 17.6 Å². The molecule has 0 unspecified atom stereocenters. The zero-order valence-electron chi connectivity index (χ0n) is 20.2. The number of amides is 1. The first kappa shape index (κ1) is 22.1. The fraction of sp³-hybridized carbons (Fsp3) is 0.400. The maximum absolute atomic E-state index is 13.6.